The molecular weight excluding hydrogens is 512 g/mol. The predicted molar refractivity (Wildman–Crippen MR) is 138 cm³/mol. The second-order valence-corrected chi connectivity index (χ2v) is 10.6. The van der Waals surface area contributed by atoms with Crippen molar-refractivity contribution in [3.05, 3.63) is 57.7 Å². The van der Waals surface area contributed by atoms with E-state index in [4.69, 9.17) is 24.0 Å². The zero-order valence-corrected chi connectivity index (χ0v) is 21.8. The van der Waals surface area contributed by atoms with E-state index < -0.39 is 49.3 Å². The number of aliphatic hydroxyl groups is 5. The third kappa shape index (κ3) is 5.17. The van der Waals surface area contributed by atoms with Crippen molar-refractivity contribution in [2.75, 3.05) is 19.8 Å². The summed E-state index contributed by atoms with van der Waals surface area (Å²) in [7, 11) is 0. The molecule has 4 heterocycles. The van der Waals surface area contributed by atoms with Crippen LogP contribution in [0.2, 0.25) is 0 Å². The second-order valence-electron chi connectivity index (χ2n) is 10.6. The van der Waals surface area contributed by atoms with Crippen molar-refractivity contribution in [2.45, 2.75) is 63.3 Å². The van der Waals surface area contributed by atoms with E-state index in [1.54, 1.807) is 19.2 Å². The maximum Gasteiger partial charge on any atom is 0.222 e. The van der Waals surface area contributed by atoms with E-state index in [1.807, 2.05) is 26.1 Å². The Morgan fingerprint density at radius 2 is 1.92 bits per heavy atom. The van der Waals surface area contributed by atoms with E-state index in [2.05, 4.69) is 4.99 Å². The highest BCUT2D eigenvalue weighted by Gasteiger charge is 2.44. The monoisotopic (exact) mass is 545 g/mol. The van der Waals surface area contributed by atoms with Gasteiger partial charge in [-0.1, -0.05) is 0 Å². The topological polar surface area (TPSA) is 176 Å². The first kappa shape index (κ1) is 27.6. The fourth-order valence-corrected chi connectivity index (χ4v) is 5.02. The highest BCUT2D eigenvalue weighted by molar-refractivity contribution is 6.07. The minimum Gasteiger partial charge on any atom is -0.478 e. The molecular formula is C27H33N2O10+. The Labute approximate surface area is 223 Å². The molecule has 0 amide bonds. The molecule has 6 N–H and O–H groups in total. The molecule has 0 spiro atoms. The molecule has 12 heteroatoms. The average molecular weight is 546 g/mol. The number of rotatable bonds is 9. The summed E-state index contributed by atoms with van der Waals surface area (Å²) in [6.45, 7) is 4.61. The van der Waals surface area contributed by atoms with Gasteiger partial charge in [0.1, 0.15) is 66.9 Å². The third-order valence-electron chi connectivity index (χ3n) is 7.29. The highest BCUT2D eigenvalue weighted by atomic mass is 17.2. The minimum atomic E-state index is -1.78. The molecule has 5 rings (SSSR count). The molecule has 6 unspecified atom stereocenters. The molecule has 1 aromatic heterocycles. The lowest BCUT2D eigenvalue weighted by Gasteiger charge is -2.39. The van der Waals surface area contributed by atoms with Gasteiger partial charge in [0.15, 0.2) is 11.2 Å². The van der Waals surface area contributed by atoms with Crippen LogP contribution in [-0.4, -0.2) is 87.1 Å². The first-order valence-electron chi connectivity index (χ1n) is 12.7. The van der Waals surface area contributed by atoms with Crippen LogP contribution in [0.25, 0.3) is 11.0 Å². The minimum absolute atomic E-state index is 0.180. The Hall–Kier alpha value is -2.94. The Morgan fingerprint density at radius 1 is 1.18 bits per heavy atom. The predicted octanol–water partition coefficient (Wildman–Crippen LogP) is -1.05. The molecule has 1 aromatic carbocycles. The van der Waals surface area contributed by atoms with Gasteiger partial charge in [-0.15, -0.1) is 0 Å². The molecule has 0 radical (unpaired) electrons. The first-order chi connectivity index (χ1) is 18.5. The van der Waals surface area contributed by atoms with Gasteiger partial charge >= 0.3 is 0 Å². The third-order valence-corrected chi connectivity index (χ3v) is 7.29. The van der Waals surface area contributed by atoms with Crippen LogP contribution in [-0.2, 0) is 16.2 Å². The van der Waals surface area contributed by atoms with Crippen molar-refractivity contribution >= 4 is 22.4 Å². The Morgan fingerprint density at radius 3 is 2.64 bits per heavy atom. The number of fused-ring (bicyclic) bond motifs is 3. The van der Waals surface area contributed by atoms with Crippen LogP contribution in [0, 0.1) is 6.92 Å². The molecule has 0 fully saturated rings. The maximum atomic E-state index is 13.0. The number of benzene rings is 1. The van der Waals surface area contributed by atoms with E-state index in [0.717, 1.165) is 16.2 Å². The fourth-order valence-electron chi connectivity index (χ4n) is 5.02. The molecule has 210 valence electrons. The molecule has 0 saturated heterocycles. The largest absolute Gasteiger partial charge is 0.478 e. The van der Waals surface area contributed by atoms with Crippen molar-refractivity contribution in [3.8, 4) is 5.75 Å². The average Bonchev–Trinajstić information content (AvgIpc) is 3.49. The molecule has 0 saturated carbocycles. The van der Waals surface area contributed by atoms with Crippen molar-refractivity contribution in [2.24, 2.45) is 4.99 Å². The van der Waals surface area contributed by atoms with Gasteiger partial charge in [0.2, 0.25) is 11.3 Å². The normalized spacial score (nSPS) is 24.4. The summed E-state index contributed by atoms with van der Waals surface area (Å²) in [5.41, 5.74) is 2.70. The molecule has 3 aliphatic rings. The Bertz CT molecular complexity index is 1410. The summed E-state index contributed by atoms with van der Waals surface area (Å²) in [6.07, 6.45) is -1.45. The number of allylic oxidation sites excluding steroid dienone is 1. The van der Waals surface area contributed by atoms with E-state index >= 15 is 0 Å². The molecule has 39 heavy (non-hydrogen) atoms. The number of nitrogens with one attached hydrogen (secondary N) is 1. The molecule has 12 nitrogen and oxygen atoms in total. The first-order valence-corrected chi connectivity index (χ1v) is 12.7. The summed E-state index contributed by atoms with van der Waals surface area (Å²) >= 11 is 0. The summed E-state index contributed by atoms with van der Waals surface area (Å²) in [5.74, 6) is 1.06. The van der Waals surface area contributed by atoms with Crippen LogP contribution in [0.3, 0.4) is 0 Å². The number of hydrogen-bond donors (Lipinski definition) is 6. The molecule has 3 aliphatic heterocycles. The van der Waals surface area contributed by atoms with Crippen LogP contribution >= 0.6 is 0 Å². The number of quaternary nitrogens is 1. The van der Waals surface area contributed by atoms with Gasteiger partial charge in [-0.25, -0.2) is 9.78 Å². The van der Waals surface area contributed by atoms with Gasteiger partial charge in [0, 0.05) is 24.3 Å². The molecule has 2 aromatic rings. The van der Waals surface area contributed by atoms with E-state index in [0.29, 0.717) is 46.7 Å². The summed E-state index contributed by atoms with van der Waals surface area (Å²) in [5, 5.41) is 48.8. The SMILES string of the molecule is Cc1cc(=O)c2cc3c(c([NH+]4C=C5C=CN=C5C4)c2o1)OC(C)(C)C(OOCC(O)C(O)C(O)C(O)CO)C3. The van der Waals surface area contributed by atoms with Gasteiger partial charge in [-0.2, -0.15) is 0 Å². The van der Waals surface area contributed by atoms with Crippen LogP contribution in [0.15, 0.2) is 50.4 Å². The number of aliphatic hydroxyl groups excluding tert-OH is 5. The van der Waals surface area contributed by atoms with Crippen molar-refractivity contribution in [1.29, 1.82) is 0 Å². The summed E-state index contributed by atoms with van der Waals surface area (Å²) in [6, 6.07) is 3.18. The van der Waals surface area contributed by atoms with E-state index in [1.165, 1.54) is 6.07 Å². The van der Waals surface area contributed by atoms with Gasteiger partial charge < -0.3 is 34.7 Å². The number of nitrogens with zero attached hydrogens (tertiary/aromatic N) is 1. The fraction of sp³-hybridized carbons (Fsp3) is 0.481. The molecule has 0 bridgehead atoms. The lowest BCUT2D eigenvalue weighted by molar-refractivity contribution is -0.759. The molecule has 0 aliphatic carbocycles. The maximum absolute atomic E-state index is 13.0. The van der Waals surface area contributed by atoms with E-state index in [9.17, 15) is 25.2 Å². The lowest BCUT2D eigenvalue weighted by atomic mass is 9.89. The Kier molecular flexibility index (Phi) is 7.48. The van der Waals surface area contributed by atoms with Gasteiger partial charge in [0.05, 0.1) is 17.6 Å². The standard InChI is InChI=1S/C27H32N2O10/c1-13-6-18(31)16-7-15-8-21(39-36-12-20(33)24(35)23(34)19(32)11-30)27(2,3)38-25(15)22(26(16)37-13)29-9-14-4-5-28-17(14)10-29/h4-7,9,19-21,23-24,30,32-35H,8,10-12H2,1-3H3/p+1. The zero-order valence-electron chi connectivity index (χ0n) is 21.8. The van der Waals surface area contributed by atoms with Gasteiger partial charge in [-0.05, 0) is 32.9 Å². The van der Waals surface area contributed by atoms with E-state index in [-0.39, 0.29) is 5.43 Å². The molecule has 6 atom stereocenters. The van der Waals surface area contributed by atoms with Crippen LogP contribution < -0.4 is 15.1 Å². The highest BCUT2D eigenvalue weighted by Crippen LogP contribution is 2.42. The number of ether oxygens (including phenoxy) is 1. The van der Waals surface area contributed by atoms with Crippen LogP contribution in [0.5, 0.6) is 5.75 Å². The van der Waals surface area contributed by atoms with Crippen LogP contribution in [0.1, 0.15) is 25.2 Å². The van der Waals surface area contributed by atoms with Gasteiger partial charge in [0.25, 0.3) is 0 Å². The van der Waals surface area contributed by atoms with Crippen molar-refractivity contribution < 1.29 is 49.4 Å². The van der Waals surface area contributed by atoms with Crippen molar-refractivity contribution in [3.63, 3.8) is 0 Å². The van der Waals surface area contributed by atoms with Gasteiger partial charge in [-0.3, -0.25) is 14.7 Å². The van der Waals surface area contributed by atoms with Crippen LogP contribution in [0.4, 0.5) is 5.69 Å². The smallest absolute Gasteiger partial charge is 0.222 e. The number of aliphatic imine (C=N–C) groups is 1. The Balaban J connectivity index is 1.42. The second kappa shape index (κ2) is 10.6. The lowest BCUT2D eigenvalue weighted by Crippen LogP contribution is -3.01. The summed E-state index contributed by atoms with van der Waals surface area (Å²) < 4.78 is 12.6. The number of aryl methyl sites for hydroxylation is 1. The number of hydrogen-bond acceptors (Lipinski definition) is 11. The van der Waals surface area contributed by atoms with Crippen molar-refractivity contribution in [1.82, 2.24) is 0 Å². The summed E-state index contributed by atoms with van der Waals surface area (Å²) in [4.78, 5) is 29.1. The zero-order chi connectivity index (χ0) is 28.1. The quantitative estimate of drug-likeness (QED) is 0.168.